The molecule has 3 heterocycles. The summed E-state index contributed by atoms with van der Waals surface area (Å²) in [5, 5.41) is 2.74. The molecule has 1 N–H and O–H groups in total. The first-order chi connectivity index (χ1) is 16.0. The molecule has 0 fully saturated rings. The Labute approximate surface area is 188 Å². The van der Waals surface area contributed by atoms with E-state index in [2.05, 4.69) is 15.3 Å². The Bertz CT molecular complexity index is 1430. The molecule has 3 aromatic heterocycles. The largest absolute Gasteiger partial charge is 0.497 e. The molecular formula is C23H21N5O5. The predicted molar refractivity (Wildman–Crippen MR) is 122 cm³/mol. The minimum atomic E-state index is -0.640. The molecule has 1 amide bonds. The Morgan fingerprint density at radius 3 is 2.52 bits per heavy atom. The van der Waals surface area contributed by atoms with Crippen molar-refractivity contribution in [1.29, 1.82) is 0 Å². The number of fused-ring (bicyclic) bond motifs is 1. The molecule has 33 heavy (non-hydrogen) atoms. The van der Waals surface area contributed by atoms with Crippen molar-refractivity contribution in [2.45, 2.75) is 13.1 Å². The van der Waals surface area contributed by atoms with Crippen LogP contribution in [0.15, 0.2) is 70.5 Å². The average molecular weight is 447 g/mol. The molecule has 0 atom stereocenters. The maximum absolute atomic E-state index is 13.3. The van der Waals surface area contributed by atoms with Crippen LogP contribution in [0.4, 0.5) is 5.69 Å². The number of carbonyl (C=O) groups excluding carboxylic acids is 1. The van der Waals surface area contributed by atoms with Crippen LogP contribution < -0.4 is 26.0 Å². The standard InChI is InChI=1S/C23H21N5O5/c1-32-16-8-9-19(33-2)17(12-16)26-20(29)14-27-18-7-5-11-25-21(18)22(30)28(23(27)31)13-15-6-3-4-10-24-15/h3-12H,13-14H2,1-2H3,(H,26,29). The predicted octanol–water partition coefficient (Wildman–Crippen LogP) is 1.66. The molecular weight excluding hydrogens is 426 g/mol. The summed E-state index contributed by atoms with van der Waals surface area (Å²) in [7, 11) is 2.99. The fraction of sp³-hybridized carbons (Fsp3) is 0.174. The van der Waals surface area contributed by atoms with Crippen molar-refractivity contribution in [3.63, 3.8) is 0 Å². The number of ether oxygens (including phenoxy) is 2. The van der Waals surface area contributed by atoms with Gasteiger partial charge < -0.3 is 14.8 Å². The van der Waals surface area contributed by atoms with E-state index < -0.39 is 17.2 Å². The first kappa shape index (κ1) is 21.8. The fourth-order valence-electron chi connectivity index (χ4n) is 3.43. The number of carbonyl (C=O) groups is 1. The molecule has 10 nitrogen and oxygen atoms in total. The Kier molecular flexibility index (Phi) is 6.16. The van der Waals surface area contributed by atoms with Gasteiger partial charge in [0.1, 0.15) is 18.0 Å². The summed E-state index contributed by atoms with van der Waals surface area (Å²) in [4.78, 5) is 47.5. The Morgan fingerprint density at radius 1 is 0.970 bits per heavy atom. The highest BCUT2D eigenvalue weighted by Crippen LogP contribution is 2.28. The van der Waals surface area contributed by atoms with Gasteiger partial charge in [0.2, 0.25) is 5.91 Å². The van der Waals surface area contributed by atoms with E-state index in [1.54, 1.807) is 54.7 Å². The van der Waals surface area contributed by atoms with Crippen LogP contribution in [0.3, 0.4) is 0 Å². The van der Waals surface area contributed by atoms with E-state index in [0.717, 1.165) is 4.57 Å². The van der Waals surface area contributed by atoms with Gasteiger partial charge in [-0.15, -0.1) is 0 Å². The van der Waals surface area contributed by atoms with Crippen molar-refractivity contribution in [3.8, 4) is 11.5 Å². The number of nitrogens with one attached hydrogen (secondary N) is 1. The zero-order chi connectivity index (χ0) is 23.4. The van der Waals surface area contributed by atoms with Crippen LogP contribution in [-0.4, -0.2) is 39.2 Å². The first-order valence-electron chi connectivity index (χ1n) is 10.0. The fourth-order valence-corrected chi connectivity index (χ4v) is 3.43. The first-order valence-corrected chi connectivity index (χ1v) is 10.0. The van der Waals surface area contributed by atoms with Gasteiger partial charge in [-0.1, -0.05) is 6.07 Å². The normalized spacial score (nSPS) is 10.7. The van der Waals surface area contributed by atoms with E-state index in [9.17, 15) is 14.4 Å². The average Bonchev–Trinajstić information content (AvgIpc) is 2.85. The third-order valence-electron chi connectivity index (χ3n) is 5.02. The van der Waals surface area contributed by atoms with Crippen molar-refractivity contribution in [3.05, 3.63) is 87.5 Å². The molecule has 1 aromatic carbocycles. The Balaban J connectivity index is 1.74. The summed E-state index contributed by atoms with van der Waals surface area (Å²) in [6.45, 7) is -0.389. The summed E-state index contributed by atoms with van der Waals surface area (Å²) in [6.07, 6.45) is 3.04. The molecule has 0 unspecified atom stereocenters. The number of anilines is 1. The molecule has 0 spiro atoms. The molecule has 0 aliphatic carbocycles. The van der Waals surface area contributed by atoms with E-state index >= 15 is 0 Å². The van der Waals surface area contributed by atoms with Crippen molar-refractivity contribution >= 4 is 22.6 Å². The third-order valence-corrected chi connectivity index (χ3v) is 5.02. The molecule has 0 aliphatic heterocycles. The summed E-state index contributed by atoms with van der Waals surface area (Å²) in [6, 6.07) is 13.4. The number of rotatable bonds is 7. The number of hydrogen-bond acceptors (Lipinski definition) is 7. The topological polar surface area (TPSA) is 117 Å². The summed E-state index contributed by atoms with van der Waals surface area (Å²) in [5.74, 6) is 0.474. The Hall–Kier alpha value is -4.47. The van der Waals surface area contributed by atoms with Gasteiger partial charge >= 0.3 is 5.69 Å². The van der Waals surface area contributed by atoms with E-state index in [1.165, 1.54) is 25.0 Å². The van der Waals surface area contributed by atoms with E-state index in [0.29, 0.717) is 22.9 Å². The summed E-state index contributed by atoms with van der Waals surface area (Å²) < 4.78 is 12.7. The maximum Gasteiger partial charge on any atom is 0.332 e. The highest BCUT2D eigenvalue weighted by Gasteiger charge is 2.18. The maximum atomic E-state index is 13.3. The summed E-state index contributed by atoms with van der Waals surface area (Å²) >= 11 is 0. The third kappa shape index (κ3) is 4.45. The Morgan fingerprint density at radius 2 is 1.79 bits per heavy atom. The van der Waals surface area contributed by atoms with Crippen molar-refractivity contribution in [2.75, 3.05) is 19.5 Å². The van der Waals surface area contributed by atoms with Crippen LogP contribution in [0.5, 0.6) is 11.5 Å². The van der Waals surface area contributed by atoms with Gasteiger partial charge in [0, 0.05) is 18.5 Å². The molecule has 4 rings (SSSR count). The lowest BCUT2D eigenvalue weighted by Crippen LogP contribution is -2.42. The zero-order valence-corrected chi connectivity index (χ0v) is 18.0. The van der Waals surface area contributed by atoms with Gasteiger partial charge in [-0.2, -0.15) is 0 Å². The van der Waals surface area contributed by atoms with Crippen LogP contribution in [0.2, 0.25) is 0 Å². The lowest BCUT2D eigenvalue weighted by molar-refractivity contribution is -0.116. The molecule has 0 bridgehead atoms. The van der Waals surface area contributed by atoms with Crippen LogP contribution in [0.25, 0.3) is 11.0 Å². The number of methoxy groups -OCH3 is 2. The van der Waals surface area contributed by atoms with E-state index in [-0.39, 0.29) is 24.1 Å². The number of amides is 1. The van der Waals surface area contributed by atoms with Gasteiger partial charge in [-0.05, 0) is 36.4 Å². The number of aromatic nitrogens is 4. The van der Waals surface area contributed by atoms with Crippen molar-refractivity contribution < 1.29 is 14.3 Å². The summed E-state index contributed by atoms with van der Waals surface area (Å²) in [5.41, 5.74) is 0.0758. The molecule has 168 valence electrons. The highest BCUT2D eigenvalue weighted by atomic mass is 16.5. The number of hydrogen-bond donors (Lipinski definition) is 1. The van der Waals surface area contributed by atoms with Gasteiger partial charge in [0.25, 0.3) is 5.56 Å². The molecule has 0 aliphatic rings. The minimum Gasteiger partial charge on any atom is -0.497 e. The SMILES string of the molecule is COc1ccc(OC)c(NC(=O)Cn2c(=O)n(Cc3ccccn3)c(=O)c3ncccc32)c1. The molecule has 4 aromatic rings. The smallest absolute Gasteiger partial charge is 0.332 e. The number of nitrogens with zero attached hydrogens (tertiary/aromatic N) is 4. The second-order valence-corrected chi connectivity index (χ2v) is 7.07. The van der Waals surface area contributed by atoms with Crippen LogP contribution in [0, 0.1) is 0 Å². The molecule has 10 heteroatoms. The second kappa shape index (κ2) is 9.35. The number of pyridine rings is 2. The zero-order valence-electron chi connectivity index (χ0n) is 18.0. The minimum absolute atomic E-state index is 0.0453. The quantitative estimate of drug-likeness (QED) is 0.458. The lowest BCUT2D eigenvalue weighted by Gasteiger charge is -2.15. The van der Waals surface area contributed by atoms with E-state index in [1.807, 2.05) is 0 Å². The van der Waals surface area contributed by atoms with Gasteiger partial charge in [0.05, 0.1) is 37.7 Å². The molecule has 0 saturated carbocycles. The van der Waals surface area contributed by atoms with Gasteiger partial charge in [0.15, 0.2) is 5.52 Å². The molecule has 0 radical (unpaired) electrons. The monoisotopic (exact) mass is 447 g/mol. The van der Waals surface area contributed by atoms with Crippen molar-refractivity contribution in [2.24, 2.45) is 0 Å². The van der Waals surface area contributed by atoms with Crippen molar-refractivity contribution in [1.82, 2.24) is 19.1 Å². The molecule has 0 saturated heterocycles. The van der Waals surface area contributed by atoms with Crippen LogP contribution in [0.1, 0.15) is 5.69 Å². The van der Waals surface area contributed by atoms with Gasteiger partial charge in [-0.3, -0.25) is 23.7 Å². The van der Waals surface area contributed by atoms with E-state index in [4.69, 9.17) is 9.47 Å². The second-order valence-electron chi connectivity index (χ2n) is 7.07. The van der Waals surface area contributed by atoms with Gasteiger partial charge in [-0.25, -0.2) is 9.78 Å². The van der Waals surface area contributed by atoms with Crippen LogP contribution >= 0.6 is 0 Å². The highest BCUT2D eigenvalue weighted by molar-refractivity contribution is 5.93. The lowest BCUT2D eigenvalue weighted by atomic mass is 10.2. The van der Waals surface area contributed by atoms with Crippen LogP contribution in [-0.2, 0) is 17.9 Å². The number of benzene rings is 1.